The molecule has 3 rings (SSSR count). The van der Waals surface area contributed by atoms with Gasteiger partial charge < -0.3 is 10.6 Å². The summed E-state index contributed by atoms with van der Waals surface area (Å²) in [6.45, 7) is 2.45. The Bertz CT molecular complexity index is 811. The summed E-state index contributed by atoms with van der Waals surface area (Å²) in [5.74, 6) is -0.266. The van der Waals surface area contributed by atoms with Gasteiger partial charge in [-0.3, -0.25) is 19.6 Å². The highest BCUT2D eigenvalue weighted by atomic mass is 16.6. The lowest BCUT2D eigenvalue weighted by atomic mass is 10.1. The molecule has 0 unspecified atom stereocenters. The van der Waals surface area contributed by atoms with Crippen LogP contribution in [-0.2, 0) is 20.0 Å². The van der Waals surface area contributed by atoms with Crippen molar-refractivity contribution in [3.63, 3.8) is 0 Å². The highest BCUT2D eigenvalue weighted by Gasteiger charge is 2.25. The first kappa shape index (κ1) is 16.9. The second-order valence-electron chi connectivity index (χ2n) is 6.22. The second-order valence-corrected chi connectivity index (χ2v) is 6.22. The first-order chi connectivity index (χ1) is 12.0. The minimum absolute atomic E-state index is 0.106. The summed E-state index contributed by atoms with van der Waals surface area (Å²) in [5.41, 5.74) is 2.54. The summed E-state index contributed by atoms with van der Waals surface area (Å²) in [6.07, 6.45) is 4.63. The fourth-order valence-electron chi connectivity index (χ4n) is 2.69. The molecule has 25 heavy (non-hydrogen) atoms. The van der Waals surface area contributed by atoms with Gasteiger partial charge in [0.25, 0.3) is 11.6 Å². The van der Waals surface area contributed by atoms with Crippen LogP contribution in [0.2, 0.25) is 0 Å². The molecule has 8 heteroatoms. The zero-order chi connectivity index (χ0) is 18.0. The molecule has 2 N–H and O–H groups in total. The molecule has 1 amide bonds. The van der Waals surface area contributed by atoms with Crippen molar-refractivity contribution in [3.05, 3.63) is 51.3 Å². The number of benzene rings is 1. The van der Waals surface area contributed by atoms with Gasteiger partial charge in [0.2, 0.25) is 0 Å². The maximum absolute atomic E-state index is 12.1. The van der Waals surface area contributed by atoms with Crippen LogP contribution in [0.15, 0.2) is 24.4 Å². The molecule has 0 aliphatic heterocycles. The first-order valence-corrected chi connectivity index (χ1v) is 8.32. The van der Waals surface area contributed by atoms with Gasteiger partial charge in [0, 0.05) is 43.0 Å². The number of hydrogen-bond donors (Lipinski definition) is 2. The molecule has 1 fully saturated rings. The number of nitrogens with one attached hydrogen (secondary N) is 2. The van der Waals surface area contributed by atoms with Crippen molar-refractivity contribution in [3.8, 4) is 0 Å². The summed E-state index contributed by atoms with van der Waals surface area (Å²) >= 11 is 0. The quantitative estimate of drug-likeness (QED) is 0.594. The lowest BCUT2D eigenvalue weighted by Crippen LogP contribution is -2.25. The summed E-state index contributed by atoms with van der Waals surface area (Å²) in [6, 6.07) is 4.73. The molecule has 0 atom stereocenters. The van der Waals surface area contributed by atoms with Gasteiger partial charge in [0.1, 0.15) is 5.69 Å². The van der Waals surface area contributed by atoms with Crippen LogP contribution < -0.4 is 10.6 Å². The fourth-order valence-corrected chi connectivity index (χ4v) is 2.69. The van der Waals surface area contributed by atoms with E-state index < -0.39 is 4.92 Å². The summed E-state index contributed by atoms with van der Waals surface area (Å²) in [7, 11) is 1.85. The van der Waals surface area contributed by atoms with Gasteiger partial charge in [0.05, 0.1) is 10.6 Å². The monoisotopic (exact) mass is 343 g/mol. The number of hydrogen-bond acceptors (Lipinski definition) is 5. The van der Waals surface area contributed by atoms with Crippen LogP contribution in [0.1, 0.15) is 41.4 Å². The molecule has 0 radical (unpaired) electrons. The van der Waals surface area contributed by atoms with Crippen LogP contribution in [0.25, 0.3) is 0 Å². The molecule has 2 aromatic rings. The number of amides is 1. The average molecular weight is 343 g/mol. The predicted octanol–water partition coefficient (Wildman–Crippen LogP) is 2.40. The van der Waals surface area contributed by atoms with E-state index >= 15 is 0 Å². The van der Waals surface area contributed by atoms with Crippen molar-refractivity contribution in [2.24, 2.45) is 7.05 Å². The molecule has 1 aromatic heterocycles. The predicted molar refractivity (Wildman–Crippen MR) is 93.5 cm³/mol. The zero-order valence-electron chi connectivity index (χ0n) is 14.3. The summed E-state index contributed by atoms with van der Waals surface area (Å²) in [4.78, 5) is 23.0. The highest BCUT2D eigenvalue weighted by Crippen LogP contribution is 2.27. The van der Waals surface area contributed by atoms with Crippen molar-refractivity contribution in [2.75, 3.05) is 5.32 Å². The van der Waals surface area contributed by atoms with E-state index in [0.717, 1.165) is 30.5 Å². The number of aryl methyl sites for hydroxylation is 2. The van der Waals surface area contributed by atoms with Crippen molar-refractivity contribution in [2.45, 2.75) is 38.8 Å². The third-order valence-corrected chi connectivity index (χ3v) is 4.17. The molecule has 0 bridgehead atoms. The number of rotatable bonds is 7. The van der Waals surface area contributed by atoms with E-state index in [2.05, 4.69) is 15.7 Å². The smallest absolute Gasteiger partial charge is 0.293 e. The maximum atomic E-state index is 12.1. The fraction of sp³-hybridized carbons (Fsp3) is 0.412. The Morgan fingerprint density at radius 1 is 1.44 bits per heavy atom. The molecular weight excluding hydrogens is 322 g/mol. The van der Waals surface area contributed by atoms with Gasteiger partial charge in [-0.05, 0) is 31.4 Å². The highest BCUT2D eigenvalue weighted by molar-refractivity contribution is 5.96. The molecule has 0 saturated heterocycles. The van der Waals surface area contributed by atoms with E-state index in [1.807, 2.05) is 20.2 Å². The Kier molecular flexibility index (Phi) is 4.69. The zero-order valence-corrected chi connectivity index (χ0v) is 14.3. The van der Waals surface area contributed by atoms with Crippen LogP contribution >= 0.6 is 0 Å². The average Bonchev–Trinajstić information content (AvgIpc) is 3.32. The van der Waals surface area contributed by atoms with Gasteiger partial charge in [-0.1, -0.05) is 6.92 Å². The van der Waals surface area contributed by atoms with Crippen LogP contribution in [0.5, 0.6) is 0 Å². The minimum atomic E-state index is -0.472. The molecule has 1 aliphatic rings. The van der Waals surface area contributed by atoms with Crippen molar-refractivity contribution in [1.29, 1.82) is 0 Å². The Morgan fingerprint density at radius 3 is 2.84 bits per heavy atom. The largest absolute Gasteiger partial charge is 0.375 e. The van der Waals surface area contributed by atoms with E-state index in [1.54, 1.807) is 16.8 Å². The Morgan fingerprint density at radius 2 is 2.20 bits per heavy atom. The van der Waals surface area contributed by atoms with Crippen molar-refractivity contribution >= 4 is 17.3 Å². The number of carbonyl (C=O) groups is 1. The molecule has 1 aliphatic carbocycles. The number of aromatic nitrogens is 2. The lowest BCUT2D eigenvalue weighted by Gasteiger charge is -2.09. The summed E-state index contributed by atoms with van der Waals surface area (Å²) in [5, 5.41) is 21.7. The number of nitrogens with zero attached hydrogens (tertiary/aromatic N) is 3. The standard InChI is InChI=1S/C17H21N5O3/c1-3-14-12(10-21(2)20-14)9-18-15-7-4-11(8-16(15)22(24)25)17(23)19-13-5-6-13/h4,7-8,10,13,18H,3,5-6,9H2,1-2H3,(H,19,23). The maximum Gasteiger partial charge on any atom is 0.293 e. The van der Waals surface area contributed by atoms with Crippen molar-refractivity contribution in [1.82, 2.24) is 15.1 Å². The molecule has 8 nitrogen and oxygen atoms in total. The number of nitro groups is 1. The van der Waals surface area contributed by atoms with Crippen LogP contribution in [0, 0.1) is 10.1 Å². The van der Waals surface area contributed by atoms with E-state index in [0.29, 0.717) is 17.8 Å². The Labute approximate surface area is 145 Å². The Hall–Kier alpha value is -2.90. The lowest BCUT2D eigenvalue weighted by molar-refractivity contribution is -0.384. The molecule has 0 spiro atoms. The van der Waals surface area contributed by atoms with E-state index in [-0.39, 0.29) is 17.6 Å². The number of anilines is 1. The normalized spacial score (nSPS) is 13.5. The van der Waals surface area contributed by atoms with E-state index in [9.17, 15) is 14.9 Å². The van der Waals surface area contributed by atoms with Crippen molar-refractivity contribution < 1.29 is 9.72 Å². The van der Waals surface area contributed by atoms with Crippen LogP contribution in [-0.4, -0.2) is 26.7 Å². The van der Waals surface area contributed by atoms with Crippen LogP contribution in [0.3, 0.4) is 0 Å². The van der Waals surface area contributed by atoms with E-state index in [1.165, 1.54) is 6.07 Å². The Balaban J connectivity index is 1.77. The number of carbonyl (C=O) groups excluding carboxylic acids is 1. The molecular formula is C17H21N5O3. The summed E-state index contributed by atoms with van der Waals surface area (Å²) < 4.78 is 1.73. The van der Waals surface area contributed by atoms with Crippen LogP contribution in [0.4, 0.5) is 11.4 Å². The number of nitro benzene ring substituents is 1. The molecule has 1 saturated carbocycles. The van der Waals surface area contributed by atoms with Gasteiger partial charge in [-0.2, -0.15) is 5.10 Å². The minimum Gasteiger partial charge on any atom is -0.375 e. The first-order valence-electron chi connectivity index (χ1n) is 8.32. The van der Waals surface area contributed by atoms with Gasteiger partial charge in [-0.15, -0.1) is 0 Å². The SMILES string of the molecule is CCc1nn(C)cc1CNc1ccc(C(=O)NC2CC2)cc1[N+](=O)[O-]. The third-order valence-electron chi connectivity index (χ3n) is 4.17. The topological polar surface area (TPSA) is 102 Å². The molecule has 1 aromatic carbocycles. The van der Waals surface area contributed by atoms with Gasteiger partial charge >= 0.3 is 0 Å². The van der Waals surface area contributed by atoms with E-state index in [4.69, 9.17) is 0 Å². The molecule has 132 valence electrons. The third kappa shape index (κ3) is 3.96. The molecule has 1 heterocycles. The van der Waals surface area contributed by atoms with Gasteiger partial charge in [-0.25, -0.2) is 0 Å². The van der Waals surface area contributed by atoms with Gasteiger partial charge in [0.15, 0.2) is 0 Å². The second kappa shape index (κ2) is 6.92.